The fraction of sp³-hybridized carbons (Fsp3) is 0.391. The van der Waals surface area contributed by atoms with E-state index in [1.807, 2.05) is 6.92 Å². The monoisotopic (exact) mass is 488 g/mol. The number of nitrogens with one attached hydrogen (secondary N) is 2. The molecule has 0 bridgehead atoms. The van der Waals surface area contributed by atoms with E-state index in [4.69, 9.17) is 18.9 Å². The standard InChI is InChI=1S/C23H28N4O6S/c1-12-17-20(32-7)26-16(11-30-5)27-21(17)34-18(12)19(28)24-13-8-9-15(31-6)14(10-13)25-22(29)33-23(2,3)4/h8-10H,11H2,1-7H3,(H,24,28)(H,25,29). The predicted molar refractivity (Wildman–Crippen MR) is 130 cm³/mol. The maximum atomic E-state index is 13.1. The topological polar surface area (TPSA) is 121 Å². The summed E-state index contributed by atoms with van der Waals surface area (Å²) in [4.78, 5) is 35.3. The summed E-state index contributed by atoms with van der Waals surface area (Å²) >= 11 is 1.24. The molecule has 2 N–H and O–H groups in total. The number of hydrogen-bond acceptors (Lipinski definition) is 9. The summed E-state index contributed by atoms with van der Waals surface area (Å²) in [5, 5.41) is 6.20. The Labute approximate surface area is 201 Å². The van der Waals surface area contributed by atoms with Crippen LogP contribution in [0, 0.1) is 6.92 Å². The van der Waals surface area contributed by atoms with Crippen molar-refractivity contribution in [1.29, 1.82) is 0 Å². The van der Waals surface area contributed by atoms with E-state index in [9.17, 15) is 9.59 Å². The van der Waals surface area contributed by atoms with Crippen LogP contribution in [0.1, 0.15) is 41.8 Å². The maximum Gasteiger partial charge on any atom is 0.412 e. The van der Waals surface area contributed by atoms with E-state index in [1.165, 1.54) is 25.6 Å². The Balaban J connectivity index is 1.89. The van der Waals surface area contributed by atoms with Gasteiger partial charge in [-0.25, -0.2) is 9.78 Å². The molecule has 0 radical (unpaired) electrons. The van der Waals surface area contributed by atoms with E-state index in [2.05, 4.69) is 20.6 Å². The van der Waals surface area contributed by atoms with Gasteiger partial charge in [0.1, 0.15) is 22.8 Å². The fourth-order valence-corrected chi connectivity index (χ4v) is 4.27. The van der Waals surface area contributed by atoms with Crippen LogP contribution in [0.25, 0.3) is 10.2 Å². The van der Waals surface area contributed by atoms with Gasteiger partial charge in [-0.2, -0.15) is 4.98 Å². The number of amides is 2. The smallest absolute Gasteiger partial charge is 0.412 e. The molecular weight excluding hydrogens is 460 g/mol. The van der Waals surface area contributed by atoms with Gasteiger partial charge in [0.2, 0.25) is 5.88 Å². The first-order valence-corrected chi connectivity index (χ1v) is 11.2. The number of benzene rings is 1. The van der Waals surface area contributed by atoms with Crippen molar-refractivity contribution >= 4 is 44.9 Å². The molecule has 0 aliphatic heterocycles. The lowest BCUT2D eigenvalue weighted by atomic mass is 10.2. The number of anilines is 2. The Morgan fingerprint density at radius 3 is 2.41 bits per heavy atom. The van der Waals surface area contributed by atoms with Crippen molar-refractivity contribution in [2.45, 2.75) is 39.9 Å². The van der Waals surface area contributed by atoms with Crippen molar-refractivity contribution in [2.75, 3.05) is 32.0 Å². The van der Waals surface area contributed by atoms with Crippen molar-refractivity contribution in [2.24, 2.45) is 0 Å². The molecule has 0 unspecified atom stereocenters. The fourth-order valence-electron chi connectivity index (χ4n) is 3.19. The van der Waals surface area contributed by atoms with E-state index >= 15 is 0 Å². The van der Waals surface area contributed by atoms with Crippen LogP contribution in [0.15, 0.2) is 18.2 Å². The average molecular weight is 489 g/mol. The zero-order valence-electron chi connectivity index (χ0n) is 20.2. The molecule has 3 aromatic rings. The molecule has 1 aromatic carbocycles. The van der Waals surface area contributed by atoms with Gasteiger partial charge in [-0.1, -0.05) is 0 Å². The number of rotatable bonds is 7. The van der Waals surface area contributed by atoms with E-state index in [0.29, 0.717) is 49.5 Å². The summed E-state index contributed by atoms with van der Waals surface area (Å²) in [6, 6.07) is 4.92. The summed E-state index contributed by atoms with van der Waals surface area (Å²) in [6.45, 7) is 7.35. The average Bonchev–Trinajstić information content (AvgIpc) is 3.09. The van der Waals surface area contributed by atoms with Crippen LogP contribution >= 0.6 is 11.3 Å². The Hall–Kier alpha value is -3.44. The highest BCUT2D eigenvalue weighted by molar-refractivity contribution is 7.20. The lowest BCUT2D eigenvalue weighted by Gasteiger charge is -2.20. The lowest BCUT2D eigenvalue weighted by molar-refractivity contribution is 0.0635. The van der Waals surface area contributed by atoms with Crippen molar-refractivity contribution in [3.8, 4) is 11.6 Å². The molecule has 3 rings (SSSR count). The van der Waals surface area contributed by atoms with Crippen LogP contribution < -0.4 is 20.1 Å². The molecule has 0 saturated heterocycles. The van der Waals surface area contributed by atoms with Gasteiger partial charge in [0.15, 0.2) is 5.82 Å². The molecule has 2 amide bonds. The first-order valence-electron chi connectivity index (χ1n) is 10.4. The maximum absolute atomic E-state index is 13.1. The van der Waals surface area contributed by atoms with Gasteiger partial charge in [-0.05, 0) is 51.5 Å². The van der Waals surface area contributed by atoms with Gasteiger partial charge in [0.25, 0.3) is 5.91 Å². The molecule has 0 fully saturated rings. The van der Waals surface area contributed by atoms with Crippen LogP contribution in [-0.2, 0) is 16.1 Å². The number of carbonyl (C=O) groups excluding carboxylic acids is 2. The SMILES string of the molecule is COCc1nc(OC)c2c(C)c(C(=O)Nc3ccc(OC)c(NC(=O)OC(C)(C)C)c3)sc2n1. The summed E-state index contributed by atoms with van der Waals surface area (Å²) in [5.41, 5.74) is 0.875. The zero-order chi connectivity index (χ0) is 25.0. The minimum atomic E-state index is -0.658. The summed E-state index contributed by atoms with van der Waals surface area (Å²) in [6.07, 6.45) is -0.632. The van der Waals surface area contributed by atoms with Crippen molar-refractivity contribution in [3.05, 3.63) is 34.5 Å². The van der Waals surface area contributed by atoms with Gasteiger partial charge in [0, 0.05) is 12.8 Å². The molecule has 34 heavy (non-hydrogen) atoms. The van der Waals surface area contributed by atoms with Gasteiger partial charge >= 0.3 is 6.09 Å². The number of carbonyl (C=O) groups is 2. The third kappa shape index (κ3) is 5.72. The number of aromatic nitrogens is 2. The molecule has 0 spiro atoms. The van der Waals surface area contributed by atoms with E-state index in [-0.39, 0.29) is 12.5 Å². The lowest BCUT2D eigenvalue weighted by Crippen LogP contribution is -2.27. The number of aryl methyl sites for hydroxylation is 1. The molecule has 2 aromatic heterocycles. The summed E-state index contributed by atoms with van der Waals surface area (Å²) in [7, 11) is 4.56. The molecule has 182 valence electrons. The third-order valence-electron chi connectivity index (χ3n) is 4.57. The Bertz CT molecular complexity index is 1220. The van der Waals surface area contributed by atoms with Crippen LogP contribution in [0.3, 0.4) is 0 Å². The number of nitrogens with zero attached hydrogens (tertiary/aromatic N) is 2. The van der Waals surface area contributed by atoms with E-state index in [0.717, 1.165) is 0 Å². The number of fused-ring (bicyclic) bond motifs is 1. The van der Waals surface area contributed by atoms with E-state index in [1.54, 1.807) is 46.1 Å². The van der Waals surface area contributed by atoms with Gasteiger partial charge in [-0.3, -0.25) is 10.1 Å². The second-order valence-corrected chi connectivity index (χ2v) is 9.31. The molecule has 11 heteroatoms. The number of thiophene rings is 1. The van der Waals surface area contributed by atoms with Crippen molar-refractivity contribution < 1.29 is 28.5 Å². The Morgan fingerprint density at radius 1 is 1.06 bits per heavy atom. The Kier molecular flexibility index (Phi) is 7.57. The highest BCUT2D eigenvalue weighted by Crippen LogP contribution is 2.36. The van der Waals surface area contributed by atoms with Gasteiger partial charge in [0.05, 0.1) is 30.2 Å². The van der Waals surface area contributed by atoms with Crippen LogP contribution in [-0.4, -0.2) is 48.9 Å². The second kappa shape index (κ2) is 10.2. The van der Waals surface area contributed by atoms with Crippen LogP contribution in [0.5, 0.6) is 11.6 Å². The zero-order valence-corrected chi connectivity index (χ0v) is 21.0. The van der Waals surface area contributed by atoms with Gasteiger partial charge in [-0.15, -0.1) is 11.3 Å². The van der Waals surface area contributed by atoms with E-state index < -0.39 is 11.7 Å². The highest BCUT2D eigenvalue weighted by atomic mass is 32.1. The molecular formula is C23H28N4O6S. The summed E-state index contributed by atoms with van der Waals surface area (Å²) < 4.78 is 21.2. The number of methoxy groups -OCH3 is 3. The van der Waals surface area contributed by atoms with Gasteiger partial charge < -0.3 is 24.3 Å². The minimum absolute atomic E-state index is 0.226. The summed E-state index contributed by atoms with van der Waals surface area (Å²) in [5.74, 6) is 0.947. The largest absolute Gasteiger partial charge is 0.495 e. The van der Waals surface area contributed by atoms with Crippen molar-refractivity contribution in [3.63, 3.8) is 0 Å². The molecule has 0 saturated carbocycles. The predicted octanol–water partition coefficient (Wildman–Crippen LogP) is 4.76. The number of ether oxygens (including phenoxy) is 4. The third-order valence-corrected chi connectivity index (χ3v) is 5.75. The quantitative estimate of drug-likeness (QED) is 0.488. The highest BCUT2D eigenvalue weighted by Gasteiger charge is 2.22. The normalized spacial score (nSPS) is 11.3. The van der Waals surface area contributed by atoms with Crippen molar-refractivity contribution in [1.82, 2.24) is 9.97 Å². The molecule has 0 aliphatic rings. The molecule has 0 atom stereocenters. The minimum Gasteiger partial charge on any atom is -0.495 e. The first kappa shape index (κ1) is 25.2. The van der Waals surface area contributed by atoms with Crippen LogP contribution in [0.4, 0.5) is 16.2 Å². The first-order chi connectivity index (χ1) is 16.1. The second-order valence-electron chi connectivity index (χ2n) is 8.31. The van der Waals surface area contributed by atoms with Crippen LogP contribution in [0.2, 0.25) is 0 Å². The molecule has 0 aliphatic carbocycles. The number of hydrogen-bond donors (Lipinski definition) is 2. The Morgan fingerprint density at radius 2 is 1.79 bits per heavy atom. The molecule has 10 nitrogen and oxygen atoms in total. The molecule has 2 heterocycles.